The topological polar surface area (TPSA) is 215 Å². The molecule has 4 amide bonds. The second-order valence-corrected chi connectivity index (χ2v) is 33.2. The minimum absolute atomic E-state index is 0.0409. The van der Waals surface area contributed by atoms with Crippen molar-refractivity contribution in [2.75, 3.05) is 0 Å². The van der Waals surface area contributed by atoms with Gasteiger partial charge >= 0.3 is 18.3 Å². The number of carbonyl (C=O) groups is 8. The molecule has 0 atom stereocenters. The lowest BCUT2D eigenvalue weighted by Gasteiger charge is -2.18. The largest absolute Gasteiger partial charge is 0.478 e. The number of halogens is 11. The summed E-state index contributed by atoms with van der Waals surface area (Å²) in [7, 11) is 0. The number of amides is 4. The summed E-state index contributed by atoms with van der Waals surface area (Å²) in [5.41, 5.74) is 7.17. The van der Waals surface area contributed by atoms with Crippen molar-refractivity contribution in [2.24, 2.45) is 21.7 Å². The molecule has 2 heterocycles. The fraction of sp³-hybridized carbons (Fsp3) is 0.318. The van der Waals surface area contributed by atoms with Crippen molar-refractivity contribution < 1.29 is 69.8 Å². The summed E-state index contributed by atoms with van der Waals surface area (Å²) in [6.07, 6.45) is -8.53. The molecule has 0 spiro atoms. The number of hydrogen-bond donors (Lipinski definition) is 5. The lowest BCUT2D eigenvalue weighted by Crippen LogP contribution is -2.34. The van der Waals surface area contributed by atoms with E-state index in [9.17, 15) is 64.7 Å². The standard InChI is InChI=1S/2C31H30ClF3N2O2.C13H15Cl2NO2.C13H16ClNO3/c2*1-5-37-26-13-7-19(14-22(26)17-27(37)21-8-10-23(11-9-21)31(33,34)35)16-28(38)24-15-20(6-12-25(24)32)18-36-29(39)30(2,3)4;1-13(2,3)12(18)16-7-8-4-5-10(14)9(6-8)11(15)17;1-13(2,3)12(18)15-7-8-4-5-10(14)9(6-8)11(16)17/h2*6-15,17H,5,16,18H2,1-4H3,(H,36,39);4-6H,7H2,1-3H3,(H,16,18);4-6H,7H2,1-3H3,(H,15,18)(H,16,17). The molecule has 0 bridgehead atoms. The van der Waals surface area contributed by atoms with Gasteiger partial charge in [0.15, 0.2) is 11.6 Å². The second-order valence-electron chi connectivity index (χ2n) is 31.3. The van der Waals surface area contributed by atoms with E-state index in [4.69, 9.17) is 63.1 Å². The molecule has 0 fully saturated rings. The lowest BCUT2D eigenvalue weighted by atomic mass is 9.95. The summed E-state index contributed by atoms with van der Waals surface area (Å²) in [4.78, 5) is 96.2. The number of fused-ring (bicyclic) bond motifs is 2. The molecule has 8 aromatic carbocycles. The Morgan fingerprint density at radius 3 is 0.877 bits per heavy atom. The zero-order valence-corrected chi connectivity index (χ0v) is 69.4. The fourth-order valence-corrected chi connectivity index (χ4v) is 12.6. The van der Waals surface area contributed by atoms with Gasteiger partial charge in [-0.25, -0.2) is 4.79 Å². The first kappa shape index (κ1) is 91.4. The van der Waals surface area contributed by atoms with Crippen LogP contribution < -0.4 is 21.3 Å². The molecular weight excluding hydrogens is 1580 g/mol. The second kappa shape index (κ2) is 38.1. The van der Waals surface area contributed by atoms with Gasteiger partial charge in [-0.3, -0.25) is 33.6 Å². The van der Waals surface area contributed by atoms with Crippen LogP contribution in [0.15, 0.2) is 170 Å². The Labute approximate surface area is 684 Å². The molecule has 10 rings (SSSR count). The number of carboxylic acid groups (broad SMARTS) is 1. The molecule has 0 radical (unpaired) electrons. The van der Waals surface area contributed by atoms with E-state index in [0.717, 1.165) is 85.3 Å². The van der Waals surface area contributed by atoms with E-state index in [1.54, 1.807) is 60.7 Å². The third kappa shape index (κ3) is 25.1. The maximum Gasteiger partial charge on any atom is 0.416 e. The van der Waals surface area contributed by atoms with Gasteiger partial charge in [-0.15, -0.1) is 0 Å². The van der Waals surface area contributed by atoms with Crippen molar-refractivity contribution in [1.82, 2.24) is 30.4 Å². The van der Waals surface area contributed by atoms with E-state index in [1.165, 1.54) is 36.4 Å². The van der Waals surface area contributed by atoms with Crippen LogP contribution in [0.25, 0.3) is 44.3 Å². The summed E-state index contributed by atoms with van der Waals surface area (Å²) in [5, 5.41) is 22.6. The van der Waals surface area contributed by atoms with Crippen LogP contribution in [-0.4, -0.2) is 60.6 Å². The number of alkyl halides is 6. The Morgan fingerprint density at radius 1 is 0.351 bits per heavy atom. The van der Waals surface area contributed by atoms with Gasteiger partial charge < -0.3 is 35.5 Å². The predicted molar refractivity (Wildman–Crippen MR) is 440 cm³/mol. The van der Waals surface area contributed by atoms with E-state index < -0.39 is 56.4 Å². The van der Waals surface area contributed by atoms with Crippen LogP contribution in [0, 0.1) is 21.7 Å². The number of benzene rings is 8. The van der Waals surface area contributed by atoms with Crippen molar-refractivity contribution in [2.45, 2.75) is 161 Å². The Balaban J connectivity index is 0.000000224. The number of Topliss-reactive ketones (excluding diaryl/α,β-unsaturated/α-hetero) is 2. The molecule has 5 N–H and O–H groups in total. The SMILES string of the molecule is CC(C)(C)C(=O)NCc1ccc(Cl)c(C(=O)Cl)c1.CC(C)(C)C(=O)NCc1ccc(Cl)c(C(=O)O)c1.CCn1c(-c2ccc(C(F)(F)F)cc2)cc2cc(CC(=O)c3cc(CNC(=O)C(C)(C)C)ccc3Cl)ccc21.CCn1c(-c2ccc(C(F)(F)F)cc2)cc2cc(CC(=O)c3cc(CNC(=O)C(C)(C)C)ccc3Cl)ccc21. The zero-order chi connectivity index (χ0) is 84.9. The number of aromatic nitrogens is 2. The quantitative estimate of drug-likeness (QED) is 0.0278. The van der Waals surface area contributed by atoms with Crippen LogP contribution in [0.2, 0.25) is 20.1 Å². The number of aromatic carboxylic acids is 1. The summed E-state index contributed by atoms with van der Waals surface area (Å²) in [5.74, 6) is -1.71. The molecule has 15 nitrogen and oxygen atoms in total. The van der Waals surface area contributed by atoms with Crippen LogP contribution in [0.3, 0.4) is 0 Å². The van der Waals surface area contributed by atoms with Crippen LogP contribution in [-0.2, 0) is 83.6 Å². The first-order valence-electron chi connectivity index (χ1n) is 36.3. The Bertz CT molecular complexity index is 4900. The van der Waals surface area contributed by atoms with E-state index in [1.807, 2.05) is 155 Å². The highest BCUT2D eigenvalue weighted by Crippen LogP contribution is 2.37. The molecule has 10 aromatic rings. The minimum Gasteiger partial charge on any atom is -0.478 e. The summed E-state index contributed by atoms with van der Waals surface area (Å²) in [6.45, 7) is 28.3. The highest BCUT2D eigenvalue weighted by Gasteiger charge is 2.32. The molecule has 26 heteroatoms. The predicted octanol–water partition coefficient (Wildman–Crippen LogP) is 22.3. The number of rotatable bonds is 20. The van der Waals surface area contributed by atoms with Gasteiger partial charge in [0.1, 0.15) is 0 Å². The van der Waals surface area contributed by atoms with Crippen LogP contribution >= 0.6 is 58.0 Å². The summed E-state index contributed by atoms with van der Waals surface area (Å²) in [6, 6.07) is 45.5. The Kier molecular flexibility index (Phi) is 30.6. The van der Waals surface area contributed by atoms with Crippen molar-refractivity contribution >= 4 is 126 Å². The third-order valence-electron chi connectivity index (χ3n) is 18.0. The van der Waals surface area contributed by atoms with Crippen molar-refractivity contribution in [1.29, 1.82) is 0 Å². The molecule has 0 aliphatic rings. The van der Waals surface area contributed by atoms with Crippen molar-refractivity contribution in [3.05, 3.63) is 257 Å². The average molecular weight is 1670 g/mol. The van der Waals surface area contributed by atoms with Crippen molar-refractivity contribution in [3.8, 4) is 22.5 Å². The van der Waals surface area contributed by atoms with Gasteiger partial charge in [0, 0.05) is 118 Å². The number of carboxylic acids is 1. The monoisotopic (exact) mass is 1660 g/mol. The normalized spacial score (nSPS) is 11.8. The molecule has 0 aliphatic carbocycles. The van der Waals surface area contributed by atoms with Gasteiger partial charge in [0.25, 0.3) is 5.24 Å². The number of aryl methyl sites for hydroxylation is 2. The van der Waals surface area contributed by atoms with E-state index in [-0.39, 0.29) is 83.8 Å². The number of hydrogen-bond acceptors (Lipinski definition) is 8. The van der Waals surface area contributed by atoms with Gasteiger partial charge in [-0.1, -0.05) is 190 Å². The first-order valence-corrected chi connectivity index (χ1v) is 38.2. The van der Waals surface area contributed by atoms with Gasteiger partial charge in [-0.05, 0) is 179 Å². The minimum atomic E-state index is -4.39. The summed E-state index contributed by atoms with van der Waals surface area (Å²) < 4.78 is 82.1. The number of ketones is 2. The number of nitrogens with zero attached hydrogens (tertiary/aromatic N) is 2. The molecular formula is C88H91Cl5F6N6O9. The van der Waals surface area contributed by atoms with Crippen LogP contribution in [0.1, 0.15) is 183 Å². The molecule has 604 valence electrons. The number of nitrogens with one attached hydrogen (secondary N) is 4. The fourth-order valence-electron chi connectivity index (χ4n) is 11.5. The molecule has 0 saturated heterocycles. The summed E-state index contributed by atoms with van der Waals surface area (Å²) >= 11 is 29.7. The lowest BCUT2D eigenvalue weighted by molar-refractivity contribution is -0.138. The average Bonchev–Trinajstić information content (AvgIpc) is 1.63. The maximum atomic E-state index is 13.2. The number of carbonyl (C=O) groups excluding carboxylic acids is 7. The Hall–Kier alpha value is -9.77. The maximum absolute atomic E-state index is 13.2. The van der Waals surface area contributed by atoms with Gasteiger partial charge in [0.05, 0.1) is 42.3 Å². The van der Waals surface area contributed by atoms with Gasteiger partial charge in [-0.2, -0.15) is 26.3 Å². The third-order valence-corrected chi connectivity index (χ3v) is 19.5. The highest BCUT2D eigenvalue weighted by atomic mass is 35.5. The highest BCUT2D eigenvalue weighted by molar-refractivity contribution is 6.68. The zero-order valence-electron chi connectivity index (χ0n) is 65.6. The van der Waals surface area contributed by atoms with Crippen LogP contribution in [0.4, 0.5) is 26.3 Å². The first-order chi connectivity index (χ1) is 53.0. The molecule has 2 aromatic heterocycles. The van der Waals surface area contributed by atoms with E-state index in [0.29, 0.717) is 62.5 Å². The van der Waals surface area contributed by atoms with E-state index in [2.05, 4.69) is 21.3 Å². The molecule has 114 heavy (non-hydrogen) atoms. The molecule has 0 unspecified atom stereocenters. The smallest absolute Gasteiger partial charge is 0.416 e. The van der Waals surface area contributed by atoms with E-state index >= 15 is 0 Å². The molecule has 0 aliphatic heterocycles. The van der Waals surface area contributed by atoms with Crippen LogP contribution in [0.5, 0.6) is 0 Å². The molecule has 0 saturated carbocycles. The van der Waals surface area contributed by atoms with Crippen molar-refractivity contribution in [3.63, 3.8) is 0 Å². The Morgan fingerprint density at radius 2 is 0.614 bits per heavy atom. The van der Waals surface area contributed by atoms with Gasteiger partial charge in [0.2, 0.25) is 23.6 Å².